The van der Waals surface area contributed by atoms with Gasteiger partial charge in [0.15, 0.2) is 0 Å². The summed E-state index contributed by atoms with van der Waals surface area (Å²) in [7, 11) is 3.33. The number of methoxy groups -OCH3 is 2. The maximum atomic E-state index is 5.60. The molecular weight excluding hydrogens is 230 g/mol. The average Bonchev–Trinajstić information content (AvgIpc) is 2.39. The van der Waals surface area contributed by atoms with Crippen LogP contribution in [0.3, 0.4) is 0 Å². The Morgan fingerprint density at radius 1 is 1.06 bits per heavy atom. The van der Waals surface area contributed by atoms with Crippen LogP contribution in [0.15, 0.2) is 18.2 Å². The second kappa shape index (κ2) is 8.78. The Morgan fingerprint density at radius 2 is 1.83 bits per heavy atom. The van der Waals surface area contributed by atoms with E-state index in [9.17, 15) is 0 Å². The molecule has 0 atom stereocenters. The molecule has 4 nitrogen and oxygen atoms in total. The molecule has 0 aliphatic carbocycles. The first kappa shape index (κ1) is 14.8. The van der Waals surface area contributed by atoms with Crippen molar-refractivity contribution in [2.24, 2.45) is 0 Å². The van der Waals surface area contributed by atoms with Crippen molar-refractivity contribution >= 4 is 0 Å². The molecule has 0 aromatic heterocycles. The number of rotatable bonds is 9. The minimum absolute atomic E-state index is 0.547. The number of hydrogen-bond donors (Lipinski definition) is 1. The molecule has 0 aliphatic heterocycles. The number of ether oxygens (including phenoxy) is 3. The number of hydrogen-bond acceptors (Lipinski definition) is 4. The fourth-order valence-corrected chi connectivity index (χ4v) is 1.59. The summed E-state index contributed by atoms with van der Waals surface area (Å²) in [5, 5.41) is 3.36. The van der Waals surface area contributed by atoms with E-state index in [1.807, 2.05) is 18.2 Å². The maximum Gasteiger partial charge on any atom is 0.123 e. The van der Waals surface area contributed by atoms with E-state index in [-0.39, 0.29) is 0 Å². The van der Waals surface area contributed by atoms with Crippen molar-refractivity contribution in [1.82, 2.24) is 5.32 Å². The van der Waals surface area contributed by atoms with Gasteiger partial charge < -0.3 is 19.5 Å². The van der Waals surface area contributed by atoms with Crippen LogP contribution in [0.4, 0.5) is 0 Å². The lowest BCUT2D eigenvalue weighted by Crippen LogP contribution is -2.14. The highest BCUT2D eigenvalue weighted by atomic mass is 16.5. The molecule has 0 amide bonds. The zero-order valence-corrected chi connectivity index (χ0v) is 11.5. The fraction of sp³-hybridized carbons (Fsp3) is 0.571. The van der Waals surface area contributed by atoms with Crippen LogP contribution in [0.1, 0.15) is 18.9 Å². The molecule has 1 N–H and O–H groups in total. The Kier molecular flexibility index (Phi) is 7.22. The molecule has 0 spiro atoms. The molecule has 1 rings (SSSR count). The molecule has 1 aromatic carbocycles. The smallest absolute Gasteiger partial charge is 0.123 e. The summed E-state index contributed by atoms with van der Waals surface area (Å²) in [6.45, 7) is 5.12. The Labute approximate surface area is 109 Å². The van der Waals surface area contributed by atoms with Crippen LogP contribution in [0.25, 0.3) is 0 Å². The SMILES string of the molecule is CCCNCc1cc(OC)cc(OCCOC)c1. The van der Waals surface area contributed by atoms with Crippen LogP contribution in [-0.4, -0.2) is 34.0 Å². The molecule has 0 heterocycles. The van der Waals surface area contributed by atoms with Gasteiger partial charge in [-0.2, -0.15) is 0 Å². The van der Waals surface area contributed by atoms with Crippen molar-refractivity contribution in [3.05, 3.63) is 23.8 Å². The zero-order valence-electron chi connectivity index (χ0n) is 11.5. The van der Waals surface area contributed by atoms with Crippen molar-refractivity contribution in [2.45, 2.75) is 19.9 Å². The van der Waals surface area contributed by atoms with Gasteiger partial charge in [0.05, 0.1) is 13.7 Å². The van der Waals surface area contributed by atoms with E-state index in [1.54, 1.807) is 14.2 Å². The third-order valence-electron chi connectivity index (χ3n) is 2.49. The van der Waals surface area contributed by atoms with E-state index in [1.165, 1.54) is 0 Å². The lowest BCUT2D eigenvalue weighted by atomic mass is 10.2. The Hall–Kier alpha value is -1.26. The van der Waals surface area contributed by atoms with E-state index in [2.05, 4.69) is 12.2 Å². The summed E-state index contributed by atoms with van der Waals surface area (Å²) in [6, 6.07) is 5.94. The molecule has 0 bridgehead atoms. The van der Waals surface area contributed by atoms with Gasteiger partial charge in [0.2, 0.25) is 0 Å². The molecule has 0 fully saturated rings. The summed E-state index contributed by atoms with van der Waals surface area (Å²) in [6.07, 6.45) is 1.13. The van der Waals surface area contributed by atoms with Gasteiger partial charge in [-0.05, 0) is 30.7 Å². The van der Waals surface area contributed by atoms with Gasteiger partial charge in [-0.15, -0.1) is 0 Å². The first-order valence-corrected chi connectivity index (χ1v) is 6.30. The van der Waals surface area contributed by atoms with Crippen molar-refractivity contribution in [3.8, 4) is 11.5 Å². The molecule has 102 valence electrons. The second-order valence-corrected chi connectivity index (χ2v) is 4.03. The molecule has 0 unspecified atom stereocenters. The van der Waals surface area contributed by atoms with Gasteiger partial charge in [0.1, 0.15) is 18.1 Å². The molecular formula is C14H23NO3. The standard InChI is InChI=1S/C14H23NO3/c1-4-5-15-11-12-8-13(17-3)10-14(9-12)18-7-6-16-2/h8-10,15H,4-7,11H2,1-3H3. The van der Waals surface area contributed by atoms with Crippen LogP contribution in [0, 0.1) is 0 Å². The van der Waals surface area contributed by atoms with Gasteiger partial charge in [-0.3, -0.25) is 0 Å². The third-order valence-corrected chi connectivity index (χ3v) is 2.49. The Bertz CT molecular complexity index is 314. The Morgan fingerprint density at radius 3 is 2.50 bits per heavy atom. The molecule has 4 heteroatoms. The van der Waals surface area contributed by atoms with Crippen molar-refractivity contribution in [1.29, 1.82) is 0 Å². The zero-order chi connectivity index (χ0) is 13.2. The summed E-state index contributed by atoms with van der Waals surface area (Å²) in [5.41, 5.74) is 1.16. The quantitative estimate of drug-likeness (QED) is 0.685. The lowest BCUT2D eigenvalue weighted by molar-refractivity contribution is 0.146. The molecule has 1 aromatic rings. The normalized spacial score (nSPS) is 10.4. The fourth-order valence-electron chi connectivity index (χ4n) is 1.59. The average molecular weight is 253 g/mol. The highest BCUT2D eigenvalue weighted by molar-refractivity contribution is 5.38. The number of benzene rings is 1. The van der Waals surface area contributed by atoms with Crippen LogP contribution in [-0.2, 0) is 11.3 Å². The van der Waals surface area contributed by atoms with E-state index in [0.717, 1.165) is 36.6 Å². The van der Waals surface area contributed by atoms with Gasteiger partial charge in [0, 0.05) is 19.7 Å². The second-order valence-electron chi connectivity index (χ2n) is 4.03. The van der Waals surface area contributed by atoms with Crippen molar-refractivity contribution in [2.75, 3.05) is 34.0 Å². The predicted molar refractivity (Wildman–Crippen MR) is 72.4 cm³/mol. The van der Waals surface area contributed by atoms with Crippen LogP contribution >= 0.6 is 0 Å². The van der Waals surface area contributed by atoms with E-state index < -0.39 is 0 Å². The summed E-state index contributed by atoms with van der Waals surface area (Å²) in [5.74, 6) is 1.64. The van der Waals surface area contributed by atoms with Crippen LogP contribution in [0.5, 0.6) is 11.5 Å². The molecule has 0 aliphatic rings. The van der Waals surface area contributed by atoms with Gasteiger partial charge in [0.25, 0.3) is 0 Å². The first-order valence-electron chi connectivity index (χ1n) is 6.30. The lowest BCUT2D eigenvalue weighted by Gasteiger charge is -2.11. The largest absolute Gasteiger partial charge is 0.497 e. The topological polar surface area (TPSA) is 39.7 Å². The third kappa shape index (κ3) is 5.38. The summed E-state index contributed by atoms with van der Waals surface area (Å²) >= 11 is 0. The van der Waals surface area contributed by atoms with Gasteiger partial charge in [-0.1, -0.05) is 6.92 Å². The van der Waals surface area contributed by atoms with Crippen molar-refractivity contribution in [3.63, 3.8) is 0 Å². The highest BCUT2D eigenvalue weighted by Crippen LogP contribution is 2.22. The van der Waals surface area contributed by atoms with Gasteiger partial charge in [-0.25, -0.2) is 0 Å². The number of nitrogens with one attached hydrogen (secondary N) is 1. The monoisotopic (exact) mass is 253 g/mol. The predicted octanol–water partition coefficient (Wildman–Crippen LogP) is 2.22. The maximum absolute atomic E-state index is 5.60. The molecule has 0 saturated heterocycles. The summed E-state index contributed by atoms with van der Waals surface area (Å²) < 4.78 is 15.8. The minimum Gasteiger partial charge on any atom is -0.497 e. The van der Waals surface area contributed by atoms with Gasteiger partial charge >= 0.3 is 0 Å². The minimum atomic E-state index is 0.547. The van der Waals surface area contributed by atoms with E-state index in [0.29, 0.717) is 13.2 Å². The molecule has 18 heavy (non-hydrogen) atoms. The molecule has 0 saturated carbocycles. The Balaban J connectivity index is 2.62. The van der Waals surface area contributed by atoms with E-state index >= 15 is 0 Å². The van der Waals surface area contributed by atoms with Crippen LogP contribution < -0.4 is 14.8 Å². The highest BCUT2D eigenvalue weighted by Gasteiger charge is 2.02. The summed E-state index contributed by atoms with van der Waals surface area (Å²) in [4.78, 5) is 0. The molecule has 0 radical (unpaired) electrons. The van der Waals surface area contributed by atoms with Crippen LogP contribution in [0.2, 0.25) is 0 Å². The van der Waals surface area contributed by atoms with E-state index in [4.69, 9.17) is 14.2 Å². The first-order chi connectivity index (χ1) is 8.80. The van der Waals surface area contributed by atoms with Crippen molar-refractivity contribution < 1.29 is 14.2 Å².